The molecule has 0 spiro atoms. The van der Waals surface area contributed by atoms with Gasteiger partial charge in [-0.1, -0.05) is 6.92 Å². The Labute approximate surface area is 117 Å². The van der Waals surface area contributed by atoms with Gasteiger partial charge < -0.3 is 15.4 Å². The van der Waals surface area contributed by atoms with Crippen molar-refractivity contribution in [3.8, 4) is 0 Å². The van der Waals surface area contributed by atoms with Gasteiger partial charge in [0.05, 0.1) is 5.56 Å². The van der Waals surface area contributed by atoms with Crippen LogP contribution in [0.4, 0.5) is 0 Å². The van der Waals surface area contributed by atoms with E-state index in [9.17, 15) is 9.59 Å². The molecule has 1 amide bonds. The fraction of sp³-hybridized carbons (Fsp3) is 0.538. The summed E-state index contributed by atoms with van der Waals surface area (Å²) in [7, 11) is 0. The van der Waals surface area contributed by atoms with Crippen LogP contribution >= 0.6 is 11.8 Å². The van der Waals surface area contributed by atoms with Gasteiger partial charge in [-0.15, -0.1) is 0 Å². The standard InChI is InChI=1S/C13H20N2O3S/c1-5-19-6-7(2)14-12(16)10-8(3)11(13(17)18)15-9(10)4/h7,15H,5-6H2,1-4H3,(H,14,16)(H,17,18). The first kappa shape index (κ1) is 15.6. The van der Waals surface area contributed by atoms with E-state index in [2.05, 4.69) is 17.2 Å². The van der Waals surface area contributed by atoms with Crippen LogP contribution in [0.15, 0.2) is 0 Å². The highest BCUT2D eigenvalue weighted by atomic mass is 32.2. The van der Waals surface area contributed by atoms with Gasteiger partial charge in [0.25, 0.3) is 5.91 Å². The molecular weight excluding hydrogens is 264 g/mol. The lowest BCUT2D eigenvalue weighted by molar-refractivity contribution is 0.0690. The molecule has 6 heteroatoms. The van der Waals surface area contributed by atoms with Gasteiger partial charge in [0.2, 0.25) is 0 Å². The lowest BCUT2D eigenvalue weighted by Gasteiger charge is -2.13. The number of aromatic amines is 1. The number of amides is 1. The highest BCUT2D eigenvalue weighted by molar-refractivity contribution is 7.99. The van der Waals surface area contributed by atoms with E-state index in [1.165, 1.54) is 0 Å². The highest BCUT2D eigenvalue weighted by Gasteiger charge is 2.22. The fourth-order valence-corrected chi connectivity index (χ4v) is 2.61. The van der Waals surface area contributed by atoms with Crippen molar-refractivity contribution >= 4 is 23.6 Å². The molecule has 106 valence electrons. The first-order valence-corrected chi connectivity index (χ1v) is 7.35. The van der Waals surface area contributed by atoms with E-state index in [0.29, 0.717) is 16.8 Å². The van der Waals surface area contributed by atoms with Crippen molar-refractivity contribution in [1.29, 1.82) is 0 Å². The number of aromatic nitrogens is 1. The molecule has 0 aliphatic heterocycles. The molecule has 3 N–H and O–H groups in total. The second-order valence-corrected chi connectivity index (χ2v) is 5.78. The monoisotopic (exact) mass is 284 g/mol. The number of carbonyl (C=O) groups excluding carboxylic acids is 1. The van der Waals surface area contributed by atoms with Gasteiger partial charge in [-0.3, -0.25) is 4.79 Å². The maximum Gasteiger partial charge on any atom is 0.352 e. The zero-order chi connectivity index (χ0) is 14.6. The molecule has 19 heavy (non-hydrogen) atoms. The first-order valence-electron chi connectivity index (χ1n) is 6.19. The molecule has 1 rings (SSSR count). The Morgan fingerprint density at radius 2 is 2.05 bits per heavy atom. The predicted octanol–water partition coefficient (Wildman–Crippen LogP) is 2.20. The normalized spacial score (nSPS) is 12.2. The number of aryl methyl sites for hydroxylation is 1. The second kappa shape index (κ2) is 6.65. The van der Waals surface area contributed by atoms with Crippen molar-refractivity contribution in [3.05, 3.63) is 22.5 Å². The van der Waals surface area contributed by atoms with E-state index in [1.54, 1.807) is 25.6 Å². The van der Waals surface area contributed by atoms with E-state index in [4.69, 9.17) is 5.11 Å². The molecule has 0 saturated heterocycles. The molecule has 0 radical (unpaired) electrons. The number of hydrogen-bond acceptors (Lipinski definition) is 3. The van der Waals surface area contributed by atoms with Crippen LogP contribution in [-0.4, -0.2) is 39.5 Å². The van der Waals surface area contributed by atoms with Crippen LogP contribution in [0, 0.1) is 13.8 Å². The van der Waals surface area contributed by atoms with Crippen molar-refractivity contribution in [1.82, 2.24) is 10.3 Å². The Morgan fingerprint density at radius 1 is 1.42 bits per heavy atom. The number of aromatic carboxylic acids is 1. The largest absolute Gasteiger partial charge is 0.477 e. The number of thioether (sulfide) groups is 1. The van der Waals surface area contributed by atoms with Crippen molar-refractivity contribution in [2.75, 3.05) is 11.5 Å². The average Bonchev–Trinajstić information content (AvgIpc) is 2.62. The number of carboxylic acids is 1. The number of carboxylic acid groups (broad SMARTS) is 1. The molecule has 0 aliphatic rings. The Morgan fingerprint density at radius 3 is 2.53 bits per heavy atom. The predicted molar refractivity (Wildman–Crippen MR) is 77.2 cm³/mol. The summed E-state index contributed by atoms with van der Waals surface area (Å²) in [6.45, 7) is 7.36. The number of nitrogens with one attached hydrogen (secondary N) is 2. The topological polar surface area (TPSA) is 82.2 Å². The molecule has 0 aliphatic carbocycles. The Bertz CT molecular complexity index is 482. The zero-order valence-electron chi connectivity index (χ0n) is 11.7. The summed E-state index contributed by atoms with van der Waals surface area (Å²) in [4.78, 5) is 25.9. The number of rotatable bonds is 6. The van der Waals surface area contributed by atoms with Gasteiger partial charge in [-0.05, 0) is 32.1 Å². The molecule has 1 unspecified atom stereocenters. The Kier molecular flexibility index (Phi) is 5.47. The van der Waals surface area contributed by atoms with Gasteiger partial charge >= 0.3 is 5.97 Å². The minimum atomic E-state index is -1.05. The van der Waals surface area contributed by atoms with Gasteiger partial charge in [-0.25, -0.2) is 4.79 Å². The van der Waals surface area contributed by atoms with Crippen LogP contribution in [0.1, 0.15) is 46.0 Å². The molecule has 1 aromatic heterocycles. The highest BCUT2D eigenvalue weighted by Crippen LogP contribution is 2.18. The molecular formula is C13H20N2O3S. The molecule has 1 aromatic rings. The average molecular weight is 284 g/mol. The van der Waals surface area contributed by atoms with E-state index in [0.717, 1.165) is 11.5 Å². The summed E-state index contributed by atoms with van der Waals surface area (Å²) in [6.07, 6.45) is 0. The maximum atomic E-state index is 12.2. The fourth-order valence-electron chi connectivity index (χ4n) is 1.94. The van der Waals surface area contributed by atoms with Crippen LogP contribution in [0.2, 0.25) is 0 Å². The van der Waals surface area contributed by atoms with Gasteiger partial charge in [-0.2, -0.15) is 11.8 Å². The Balaban J connectivity index is 2.85. The molecule has 0 saturated carbocycles. The lowest BCUT2D eigenvalue weighted by atomic mass is 10.1. The smallest absolute Gasteiger partial charge is 0.352 e. The quantitative estimate of drug-likeness (QED) is 0.748. The maximum absolute atomic E-state index is 12.2. The van der Waals surface area contributed by atoms with Crippen molar-refractivity contribution in [2.24, 2.45) is 0 Å². The summed E-state index contributed by atoms with van der Waals surface area (Å²) in [5, 5.41) is 11.9. The number of H-pyrrole nitrogens is 1. The van der Waals surface area contributed by atoms with Crippen LogP contribution in [-0.2, 0) is 0 Å². The third-order valence-electron chi connectivity index (χ3n) is 2.83. The Hall–Kier alpha value is -1.43. The molecule has 5 nitrogen and oxygen atoms in total. The minimum absolute atomic E-state index is 0.0550. The molecule has 0 aromatic carbocycles. The van der Waals surface area contributed by atoms with Crippen molar-refractivity contribution in [2.45, 2.75) is 33.7 Å². The minimum Gasteiger partial charge on any atom is -0.477 e. The van der Waals surface area contributed by atoms with E-state index < -0.39 is 5.97 Å². The summed E-state index contributed by atoms with van der Waals surface area (Å²) in [5.74, 6) is 0.583. The van der Waals surface area contributed by atoms with Crippen LogP contribution in [0.5, 0.6) is 0 Å². The van der Waals surface area contributed by atoms with E-state index in [1.807, 2.05) is 6.92 Å². The van der Waals surface area contributed by atoms with Crippen LogP contribution < -0.4 is 5.32 Å². The molecule has 0 fully saturated rings. The molecule has 1 atom stereocenters. The molecule has 0 bridgehead atoms. The summed E-state index contributed by atoms with van der Waals surface area (Å²) < 4.78 is 0. The van der Waals surface area contributed by atoms with Gasteiger partial charge in [0.15, 0.2) is 0 Å². The first-order chi connectivity index (χ1) is 8.88. The zero-order valence-corrected chi connectivity index (χ0v) is 12.5. The number of carbonyl (C=O) groups is 2. The van der Waals surface area contributed by atoms with Gasteiger partial charge in [0, 0.05) is 17.5 Å². The van der Waals surface area contributed by atoms with Crippen molar-refractivity contribution < 1.29 is 14.7 Å². The SMILES string of the molecule is CCSCC(C)NC(=O)c1c(C)[nH]c(C(=O)O)c1C. The van der Waals surface area contributed by atoms with Crippen molar-refractivity contribution in [3.63, 3.8) is 0 Å². The van der Waals surface area contributed by atoms with Crippen LogP contribution in [0.3, 0.4) is 0 Å². The van der Waals surface area contributed by atoms with E-state index in [-0.39, 0.29) is 17.6 Å². The summed E-state index contributed by atoms with van der Waals surface area (Å²) in [6, 6.07) is 0.0550. The lowest BCUT2D eigenvalue weighted by Crippen LogP contribution is -2.34. The number of hydrogen-bond donors (Lipinski definition) is 3. The van der Waals surface area contributed by atoms with Crippen LogP contribution in [0.25, 0.3) is 0 Å². The second-order valence-electron chi connectivity index (χ2n) is 4.46. The summed E-state index contributed by atoms with van der Waals surface area (Å²) >= 11 is 1.76. The summed E-state index contributed by atoms with van der Waals surface area (Å²) in [5.41, 5.74) is 1.59. The third-order valence-corrected chi connectivity index (χ3v) is 3.97. The van der Waals surface area contributed by atoms with Gasteiger partial charge in [0.1, 0.15) is 5.69 Å². The van der Waals surface area contributed by atoms with E-state index >= 15 is 0 Å². The third kappa shape index (κ3) is 3.76. The molecule has 1 heterocycles.